The highest BCUT2D eigenvalue weighted by Gasteiger charge is 2.10. The summed E-state index contributed by atoms with van der Waals surface area (Å²) in [4.78, 5) is 10.9. The van der Waals surface area contributed by atoms with Gasteiger partial charge in [0, 0.05) is 5.92 Å². The van der Waals surface area contributed by atoms with Gasteiger partial charge in [0.25, 0.3) is 0 Å². The second-order valence-electron chi connectivity index (χ2n) is 3.26. The van der Waals surface area contributed by atoms with E-state index in [-0.39, 0.29) is 12.5 Å². The molecule has 1 aromatic rings. The first-order valence-corrected chi connectivity index (χ1v) is 4.86. The lowest BCUT2D eigenvalue weighted by molar-refractivity contribution is 0.150. The van der Waals surface area contributed by atoms with E-state index in [0.29, 0.717) is 18.4 Å². The zero-order chi connectivity index (χ0) is 11.3. The summed E-state index contributed by atoms with van der Waals surface area (Å²) in [5.74, 6) is 1.14. The molecular weight excluding hydrogens is 198 g/mol. The Balaban J connectivity index is 2.41. The molecule has 1 rings (SSSR count). The third kappa shape index (κ3) is 3.57. The van der Waals surface area contributed by atoms with Crippen molar-refractivity contribution in [1.82, 2.24) is 15.5 Å². The maximum atomic E-state index is 10.9. The average Bonchev–Trinajstić information content (AvgIpc) is 2.63. The van der Waals surface area contributed by atoms with Crippen LogP contribution in [0.1, 0.15) is 38.5 Å². The summed E-state index contributed by atoms with van der Waals surface area (Å²) in [6.45, 7) is 6.18. The minimum Gasteiger partial charge on any atom is -0.450 e. The van der Waals surface area contributed by atoms with E-state index in [2.05, 4.69) is 20.3 Å². The molecule has 84 valence electrons. The highest BCUT2D eigenvalue weighted by molar-refractivity contribution is 5.66. The second-order valence-corrected chi connectivity index (χ2v) is 3.26. The lowest BCUT2D eigenvalue weighted by Crippen LogP contribution is -2.23. The molecule has 0 saturated heterocycles. The van der Waals surface area contributed by atoms with Gasteiger partial charge in [0.05, 0.1) is 13.2 Å². The maximum absolute atomic E-state index is 10.9. The lowest BCUT2D eigenvalue weighted by atomic mass is 10.2. The standard InChI is InChI=1S/C9H15N3O3/c1-4-14-9(13)10-5-7-11-12-8(15-7)6(2)3/h6H,4-5H2,1-3H3,(H,10,13). The Morgan fingerprint density at radius 2 is 2.27 bits per heavy atom. The molecule has 1 N–H and O–H groups in total. The first-order valence-electron chi connectivity index (χ1n) is 4.86. The van der Waals surface area contributed by atoms with Crippen LogP contribution in [0, 0.1) is 0 Å². The van der Waals surface area contributed by atoms with Gasteiger partial charge in [0.2, 0.25) is 11.8 Å². The molecule has 1 amide bonds. The summed E-state index contributed by atoms with van der Waals surface area (Å²) in [6, 6.07) is 0. The summed E-state index contributed by atoms with van der Waals surface area (Å²) in [6.07, 6.45) is -0.484. The van der Waals surface area contributed by atoms with Gasteiger partial charge in [-0.2, -0.15) is 0 Å². The number of rotatable bonds is 4. The van der Waals surface area contributed by atoms with Crippen molar-refractivity contribution >= 4 is 6.09 Å². The molecule has 1 aromatic heterocycles. The van der Waals surface area contributed by atoms with Gasteiger partial charge in [-0.1, -0.05) is 13.8 Å². The Morgan fingerprint density at radius 1 is 1.53 bits per heavy atom. The van der Waals surface area contributed by atoms with Crippen molar-refractivity contribution in [2.24, 2.45) is 0 Å². The van der Waals surface area contributed by atoms with Crippen LogP contribution in [-0.2, 0) is 11.3 Å². The Hall–Kier alpha value is -1.59. The Kier molecular flexibility index (Phi) is 4.08. The van der Waals surface area contributed by atoms with Gasteiger partial charge in [-0.25, -0.2) is 4.79 Å². The van der Waals surface area contributed by atoms with Gasteiger partial charge in [-0.05, 0) is 6.92 Å². The largest absolute Gasteiger partial charge is 0.450 e. The van der Waals surface area contributed by atoms with E-state index in [4.69, 9.17) is 4.42 Å². The predicted molar refractivity (Wildman–Crippen MR) is 52.2 cm³/mol. The fourth-order valence-electron chi connectivity index (χ4n) is 0.901. The first kappa shape index (κ1) is 11.5. The number of amides is 1. The normalized spacial score (nSPS) is 10.4. The number of carbonyl (C=O) groups is 1. The number of carbonyl (C=O) groups excluding carboxylic acids is 1. The van der Waals surface area contributed by atoms with Crippen molar-refractivity contribution in [2.45, 2.75) is 33.2 Å². The van der Waals surface area contributed by atoms with Crippen LogP contribution in [0.3, 0.4) is 0 Å². The summed E-state index contributed by atoms with van der Waals surface area (Å²) in [5, 5.41) is 10.1. The van der Waals surface area contributed by atoms with E-state index in [0.717, 1.165) is 0 Å². The molecule has 0 radical (unpaired) electrons. The fourth-order valence-corrected chi connectivity index (χ4v) is 0.901. The number of nitrogens with one attached hydrogen (secondary N) is 1. The minimum atomic E-state index is -0.484. The molecule has 6 heteroatoms. The first-order chi connectivity index (χ1) is 7.13. The predicted octanol–water partition coefficient (Wildman–Crippen LogP) is 1.44. The molecule has 0 atom stereocenters. The number of nitrogens with zero attached hydrogens (tertiary/aromatic N) is 2. The van der Waals surface area contributed by atoms with E-state index in [9.17, 15) is 4.79 Å². The van der Waals surface area contributed by atoms with Gasteiger partial charge >= 0.3 is 6.09 Å². The number of ether oxygens (including phenoxy) is 1. The van der Waals surface area contributed by atoms with Crippen LogP contribution in [0.25, 0.3) is 0 Å². The molecule has 0 saturated carbocycles. The van der Waals surface area contributed by atoms with Crippen molar-refractivity contribution in [3.8, 4) is 0 Å². The van der Waals surface area contributed by atoms with Crippen LogP contribution in [-0.4, -0.2) is 22.9 Å². The van der Waals surface area contributed by atoms with Crippen molar-refractivity contribution in [2.75, 3.05) is 6.61 Å². The van der Waals surface area contributed by atoms with Crippen LogP contribution in [0.15, 0.2) is 4.42 Å². The molecule has 0 aliphatic rings. The van der Waals surface area contributed by atoms with E-state index in [1.165, 1.54) is 0 Å². The Labute approximate surface area is 88.0 Å². The SMILES string of the molecule is CCOC(=O)NCc1nnc(C(C)C)o1. The molecular formula is C9H15N3O3. The molecule has 0 aliphatic heterocycles. The van der Waals surface area contributed by atoms with Crippen molar-refractivity contribution < 1.29 is 13.9 Å². The topological polar surface area (TPSA) is 77.2 Å². The summed E-state index contributed by atoms with van der Waals surface area (Å²) >= 11 is 0. The third-order valence-corrected chi connectivity index (χ3v) is 1.64. The van der Waals surface area contributed by atoms with Gasteiger partial charge in [-0.3, -0.25) is 0 Å². The smallest absolute Gasteiger partial charge is 0.407 e. The van der Waals surface area contributed by atoms with Crippen molar-refractivity contribution in [1.29, 1.82) is 0 Å². The number of hydrogen-bond donors (Lipinski definition) is 1. The van der Waals surface area contributed by atoms with E-state index in [1.807, 2.05) is 13.8 Å². The minimum absolute atomic E-state index is 0.189. The molecule has 0 unspecified atom stereocenters. The molecule has 6 nitrogen and oxygen atoms in total. The van der Waals surface area contributed by atoms with E-state index >= 15 is 0 Å². The monoisotopic (exact) mass is 213 g/mol. The van der Waals surface area contributed by atoms with Gasteiger partial charge in [0.15, 0.2) is 0 Å². The van der Waals surface area contributed by atoms with E-state index < -0.39 is 6.09 Å². The molecule has 1 heterocycles. The quantitative estimate of drug-likeness (QED) is 0.818. The highest BCUT2D eigenvalue weighted by atomic mass is 16.5. The molecule has 0 fully saturated rings. The second kappa shape index (κ2) is 5.33. The van der Waals surface area contributed by atoms with Crippen LogP contribution in [0.2, 0.25) is 0 Å². The van der Waals surface area contributed by atoms with Gasteiger partial charge in [-0.15, -0.1) is 10.2 Å². The molecule has 0 spiro atoms. The molecule has 0 aromatic carbocycles. The maximum Gasteiger partial charge on any atom is 0.407 e. The van der Waals surface area contributed by atoms with Crippen molar-refractivity contribution in [3.63, 3.8) is 0 Å². The van der Waals surface area contributed by atoms with Crippen LogP contribution >= 0.6 is 0 Å². The van der Waals surface area contributed by atoms with Crippen molar-refractivity contribution in [3.05, 3.63) is 11.8 Å². The van der Waals surface area contributed by atoms with Crippen LogP contribution < -0.4 is 5.32 Å². The zero-order valence-corrected chi connectivity index (χ0v) is 9.11. The van der Waals surface area contributed by atoms with Crippen LogP contribution in [0.5, 0.6) is 0 Å². The highest BCUT2D eigenvalue weighted by Crippen LogP contribution is 2.11. The molecule has 15 heavy (non-hydrogen) atoms. The van der Waals surface area contributed by atoms with E-state index in [1.54, 1.807) is 6.92 Å². The van der Waals surface area contributed by atoms with Gasteiger partial charge < -0.3 is 14.5 Å². The Bertz CT molecular complexity index is 322. The number of aromatic nitrogens is 2. The zero-order valence-electron chi connectivity index (χ0n) is 9.11. The molecule has 0 aliphatic carbocycles. The average molecular weight is 213 g/mol. The van der Waals surface area contributed by atoms with Gasteiger partial charge in [0.1, 0.15) is 0 Å². The van der Waals surface area contributed by atoms with Crippen LogP contribution in [0.4, 0.5) is 4.79 Å². The summed E-state index contributed by atoms with van der Waals surface area (Å²) < 4.78 is 9.96. The molecule has 0 bridgehead atoms. The summed E-state index contributed by atoms with van der Waals surface area (Å²) in [7, 11) is 0. The lowest BCUT2D eigenvalue weighted by Gasteiger charge is -2.01. The summed E-state index contributed by atoms with van der Waals surface area (Å²) in [5.41, 5.74) is 0. The number of alkyl carbamates (subject to hydrolysis) is 1. The Morgan fingerprint density at radius 3 is 2.80 bits per heavy atom. The fraction of sp³-hybridized carbons (Fsp3) is 0.667. The third-order valence-electron chi connectivity index (χ3n) is 1.64. The number of hydrogen-bond acceptors (Lipinski definition) is 5.